The van der Waals surface area contributed by atoms with E-state index >= 15 is 0 Å². The van der Waals surface area contributed by atoms with Gasteiger partial charge in [0, 0.05) is 45.3 Å². The summed E-state index contributed by atoms with van der Waals surface area (Å²) in [6.07, 6.45) is 0. The minimum Gasteiger partial charge on any atom is -0.496 e. The van der Waals surface area contributed by atoms with Crippen LogP contribution in [-0.2, 0) is 4.79 Å². The second kappa shape index (κ2) is 12.2. The second-order valence-electron chi connectivity index (χ2n) is 6.21. The van der Waals surface area contributed by atoms with Crippen molar-refractivity contribution in [3.05, 3.63) is 22.7 Å². The molecular formula is C18H29Cl3N4O3. The fraction of sp³-hybridized carbons (Fsp3) is 0.556. The fourth-order valence-corrected chi connectivity index (χ4v) is 3.22. The van der Waals surface area contributed by atoms with Gasteiger partial charge in [-0.1, -0.05) is 11.6 Å². The third kappa shape index (κ3) is 6.30. The molecule has 0 atom stereocenters. The van der Waals surface area contributed by atoms with Crippen molar-refractivity contribution < 1.29 is 14.3 Å². The van der Waals surface area contributed by atoms with Crippen molar-refractivity contribution in [3.8, 4) is 5.75 Å². The molecule has 1 saturated heterocycles. The van der Waals surface area contributed by atoms with Gasteiger partial charge in [-0.2, -0.15) is 0 Å². The van der Waals surface area contributed by atoms with Gasteiger partial charge < -0.3 is 20.3 Å². The Hall–Kier alpha value is -1.41. The lowest BCUT2D eigenvalue weighted by Gasteiger charge is -2.35. The number of carbonyl (C=O) groups excluding carboxylic acids is 2. The maximum atomic E-state index is 12.8. The van der Waals surface area contributed by atoms with Crippen LogP contribution in [-0.4, -0.2) is 79.4 Å². The predicted molar refractivity (Wildman–Crippen MR) is 117 cm³/mol. The highest BCUT2D eigenvalue weighted by Crippen LogP contribution is 2.30. The van der Waals surface area contributed by atoms with E-state index in [2.05, 4.69) is 4.90 Å². The van der Waals surface area contributed by atoms with E-state index in [1.807, 2.05) is 18.7 Å². The number of amides is 2. The fourth-order valence-electron chi connectivity index (χ4n) is 3.05. The summed E-state index contributed by atoms with van der Waals surface area (Å²) in [7, 11) is 1.50. The molecule has 2 rings (SSSR count). The van der Waals surface area contributed by atoms with E-state index in [1.165, 1.54) is 7.11 Å². The van der Waals surface area contributed by atoms with E-state index in [-0.39, 0.29) is 36.6 Å². The van der Waals surface area contributed by atoms with E-state index in [0.29, 0.717) is 67.8 Å². The van der Waals surface area contributed by atoms with E-state index < -0.39 is 0 Å². The van der Waals surface area contributed by atoms with Crippen molar-refractivity contribution in [3.63, 3.8) is 0 Å². The Morgan fingerprint density at radius 2 is 1.71 bits per heavy atom. The summed E-state index contributed by atoms with van der Waals surface area (Å²) in [4.78, 5) is 30.7. The molecule has 28 heavy (non-hydrogen) atoms. The molecule has 1 heterocycles. The Balaban J connectivity index is 0.00000364. The molecule has 0 aliphatic carbocycles. The van der Waals surface area contributed by atoms with Crippen LogP contribution in [0.3, 0.4) is 0 Å². The topological polar surface area (TPSA) is 79.1 Å². The van der Waals surface area contributed by atoms with Crippen molar-refractivity contribution >= 4 is 53.9 Å². The maximum Gasteiger partial charge on any atom is 0.257 e. The van der Waals surface area contributed by atoms with E-state index in [0.717, 1.165) is 0 Å². The average Bonchev–Trinajstić information content (AvgIpc) is 2.64. The SMILES string of the molecule is CCN(CC)C(=O)CN1CCN(C(=O)c2cc(Cl)c(N)cc2OC)CC1.Cl.Cl. The predicted octanol–water partition coefficient (Wildman–Crippen LogP) is 2.40. The first-order valence-electron chi connectivity index (χ1n) is 8.83. The number of nitrogens with zero attached hydrogens (tertiary/aromatic N) is 3. The smallest absolute Gasteiger partial charge is 0.257 e. The van der Waals surface area contributed by atoms with Crippen LogP contribution < -0.4 is 10.5 Å². The molecular weight excluding hydrogens is 427 g/mol. The highest BCUT2D eigenvalue weighted by Gasteiger charge is 2.26. The number of likely N-dealkylation sites (N-methyl/N-ethyl adjacent to an activating group) is 1. The van der Waals surface area contributed by atoms with E-state index in [9.17, 15) is 9.59 Å². The molecule has 160 valence electrons. The summed E-state index contributed by atoms with van der Waals surface area (Å²) in [5, 5.41) is 0.331. The van der Waals surface area contributed by atoms with E-state index in [4.69, 9.17) is 22.1 Å². The molecule has 1 aliphatic heterocycles. The molecule has 2 N–H and O–H groups in total. The second-order valence-corrected chi connectivity index (χ2v) is 6.62. The van der Waals surface area contributed by atoms with Crippen LogP contribution in [0.2, 0.25) is 5.02 Å². The average molecular weight is 456 g/mol. The van der Waals surface area contributed by atoms with Gasteiger partial charge in [0.1, 0.15) is 5.75 Å². The number of nitrogen functional groups attached to an aromatic ring is 1. The lowest BCUT2D eigenvalue weighted by atomic mass is 10.1. The number of rotatable bonds is 6. The largest absolute Gasteiger partial charge is 0.496 e. The van der Waals surface area contributed by atoms with Gasteiger partial charge in [-0.05, 0) is 19.9 Å². The third-order valence-corrected chi connectivity index (χ3v) is 5.01. The van der Waals surface area contributed by atoms with Gasteiger partial charge in [-0.25, -0.2) is 0 Å². The van der Waals surface area contributed by atoms with Crippen LogP contribution in [0.15, 0.2) is 12.1 Å². The molecule has 2 amide bonds. The molecule has 1 aromatic rings. The van der Waals surface area contributed by atoms with E-state index in [1.54, 1.807) is 17.0 Å². The normalized spacial score (nSPS) is 13.9. The summed E-state index contributed by atoms with van der Waals surface area (Å²) < 4.78 is 5.27. The van der Waals surface area contributed by atoms with Gasteiger partial charge in [0.25, 0.3) is 5.91 Å². The Bertz CT molecular complexity index is 664. The third-order valence-electron chi connectivity index (χ3n) is 4.68. The van der Waals surface area contributed by atoms with Gasteiger partial charge in [0.15, 0.2) is 0 Å². The standard InChI is InChI=1S/C18H27ClN4O3.2ClH/c1-4-22(5-2)17(24)12-21-6-8-23(9-7-21)18(25)13-10-14(19)15(20)11-16(13)26-3;;/h10-11H,4-9,12,20H2,1-3H3;2*1H. The molecule has 0 radical (unpaired) electrons. The first kappa shape index (κ1) is 26.6. The Labute approximate surface area is 183 Å². The summed E-state index contributed by atoms with van der Waals surface area (Å²) in [6, 6.07) is 3.11. The number of hydrogen-bond acceptors (Lipinski definition) is 5. The number of nitrogens with two attached hydrogens (primary N) is 1. The molecule has 1 aromatic carbocycles. The maximum absolute atomic E-state index is 12.8. The lowest BCUT2D eigenvalue weighted by Crippen LogP contribution is -2.51. The van der Waals surface area contributed by atoms with Crippen LogP contribution in [0.1, 0.15) is 24.2 Å². The number of piperazine rings is 1. The van der Waals surface area contributed by atoms with Crippen LogP contribution in [0, 0.1) is 0 Å². The summed E-state index contributed by atoms with van der Waals surface area (Å²) in [5.74, 6) is 0.399. The number of halogens is 3. The first-order chi connectivity index (χ1) is 12.4. The Morgan fingerprint density at radius 1 is 1.14 bits per heavy atom. The van der Waals surface area contributed by atoms with Crippen LogP contribution in [0.4, 0.5) is 5.69 Å². The molecule has 0 saturated carbocycles. The molecule has 0 bridgehead atoms. The van der Waals surface area contributed by atoms with Gasteiger partial charge in [0.2, 0.25) is 5.91 Å². The zero-order chi connectivity index (χ0) is 19.3. The zero-order valence-corrected chi connectivity index (χ0v) is 18.8. The lowest BCUT2D eigenvalue weighted by molar-refractivity contribution is -0.132. The van der Waals surface area contributed by atoms with Gasteiger partial charge >= 0.3 is 0 Å². The van der Waals surface area contributed by atoms with Crippen LogP contribution in [0.5, 0.6) is 5.75 Å². The molecule has 1 fully saturated rings. The molecule has 0 spiro atoms. The van der Waals surface area contributed by atoms with Crippen LogP contribution >= 0.6 is 36.4 Å². The van der Waals surface area contributed by atoms with Crippen molar-refractivity contribution in [1.29, 1.82) is 0 Å². The molecule has 0 aromatic heterocycles. The molecule has 10 heteroatoms. The van der Waals surface area contributed by atoms with Crippen molar-refractivity contribution in [1.82, 2.24) is 14.7 Å². The highest BCUT2D eigenvalue weighted by atomic mass is 35.5. The minimum atomic E-state index is -0.140. The van der Waals surface area contributed by atoms with Gasteiger partial charge in [-0.15, -0.1) is 24.8 Å². The number of anilines is 1. The van der Waals surface area contributed by atoms with Crippen molar-refractivity contribution in [2.75, 3.05) is 58.7 Å². The Kier molecular flexibility index (Phi) is 11.6. The number of hydrogen-bond donors (Lipinski definition) is 1. The molecule has 0 unspecified atom stereocenters. The quantitative estimate of drug-likeness (QED) is 0.666. The number of ether oxygens (including phenoxy) is 1. The minimum absolute atomic E-state index is 0. The monoisotopic (exact) mass is 454 g/mol. The number of carbonyl (C=O) groups is 2. The first-order valence-corrected chi connectivity index (χ1v) is 9.21. The molecule has 7 nitrogen and oxygen atoms in total. The Morgan fingerprint density at radius 3 is 2.21 bits per heavy atom. The van der Waals surface area contributed by atoms with Gasteiger partial charge in [0.05, 0.1) is 29.9 Å². The highest BCUT2D eigenvalue weighted by molar-refractivity contribution is 6.33. The van der Waals surface area contributed by atoms with Crippen molar-refractivity contribution in [2.45, 2.75) is 13.8 Å². The van der Waals surface area contributed by atoms with Gasteiger partial charge in [-0.3, -0.25) is 14.5 Å². The number of benzene rings is 1. The van der Waals surface area contributed by atoms with Crippen molar-refractivity contribution in [2.24, 2.45) is 0 Å². The summed E-state index contributed by atoms with van der Waals surface area (Å²) in [6.45, 7) is 8.18. The zero-order valence-electron chi connectivity index (χ0n) is 16.4. The van der Waals surface area contributed by atoms with Crippen LogP contribution in [0.25, 0.3) is 0 Å². The molecule has 1 aliphatic rings. The number of methoxy groups -OCH3 is 1. The summed E-state index contributed by atoms with van der Waals surface area (Å²) in [5.41, 5.74) is 6.55. The summed E-state index contributed by atoms with van der Waals surface area (Å²) >= 11 is 6.06.